The summed E-state index contributed by atoms with van der Waals surface area (Å²) in [5, 5.41) is 1.41. The van der Waals surface area contributed by atoms with E-state index in [2.05, 4.69) is 11.1 Å². The molecule has 1 fully saturated rings. The predicted octanol–water partition coefficient (Wildman–Crippen LogP) is 3.88. The minimum Gasteiger partial charge on any atom is -0.444 e. The van der Waals surface area contributed by atoms with E-state index < -0.39 is 5.60 Å². The van der Waals surface area contributed by atoms with Crippen molar-refractivity contribution in [3.8, 4) is 0 Å². The first-order chi connectivity index (χ1) is 9.83. The fourth-order valence-electron chi connectivity index (χ4n) is 2.22. The number of piperidine rings is 1. The fraction of sp³-hybridized carbons (Fsp3) is 0.625. The van der Waals surface area contributed by atoms with Crippen molar-refractivity contribution in [2.75, 3.05) is 13.1 Å². The number of ether oxygens (including phenoxy) is 1. The van der Waals surface area contributed by atoms with Crippen LogP contribution in [-0.4, -0.2) is 39.9 Å². The van der Waals surface area contributed by atoms with Gasteiger partial charge < -0.3 is 9.64 Å². The van der Waals surface area contributed by atoms with Crippen molar-refractivity contribution in [3.63, 3.8) is 0 Å². The molecule has 1 atom stereocenters. The zero-order valence-corrected chi connectivity index (χ0v) is 14.1. The lowest BCUT2D eigenvalue weighted by molar-refractivity contribution is 0.0220. The lowest BCUT2D eigenvalue weighted by Gasteiger charge is -2.33. The summed E-state index contributed by atoms with van der Waals surface area (Å²) in [7, 11) is 0. The number of carbonyl (C=O) groups excluding carboxylic acids is 1. The first kappa shape index (κ1) is 16.1. The molecule has 116 valence electrons. The van der Waals surface area contributed by atoms with Gasteiger partial charge in [-0.2, -0.15) is 0 Å². The second-order valence-corrected chi connectivity index (χ2v) is 7.80. The Morgan fingerprint density at radius 3 is 2.81 bits per heavy atom. The van der Waals surface area contributed by atoms with Crippen LogP contribution in [0.5, 0.6) is 0 Å². The lowest BCUT2D eigenvalue weighted by Crippen LogP contribution is -2.43. The van der Waals surface area contributed by atoms with E-state index in [1.165, 1.54) is 5.56 Å². The van der Waals surface area contributed by atoms with Crippen molar-refractivity contribution in [3.05, 3.63) is 23.9 Å². The number of likely N-dealkylation sites (tertiary alicyclic amines) is 1. The van der Waals surface area contributed by atoms with Crippen molar-refractivity contribution in [1.29, 1.82) is 0 Å². The molecule has 1 amide bonds. The van der Waals surface area contributed by atoms with Gasteiger partial charge in [0.1, 0.15) is 5.60 Å². The van der Waals surface area contributed by atoms with Gasteiger partial charge in [0, 0.05) is 24.5 Å². The Bertz CT molecular complexity index is 482. The van der Waals surface area contributed by atoms with E-state index in [4.69, 9.17) is 4.74 Å². The Balaban J connectivity index is 1.91. The maximum atomic E-state index is 12.1. The van der Waals surface area contributed by atoms with Gasteiger partial charge in [-0.15, -0.1) is 11.8 Å². The summed E-state index contributed by atoms with van der Waals surface area (Å²) in [5.74, 6) is 0. The Morgan fingerprint density at radius 2 is 2.19 bits per heavy atom. The van der Waals surface area contributed by atoms with Gasteiger partial charge >= 0.3 is 6.09 Å². The molecule has 1 aromatic heterocycles. The fourth-order valence-corrected chi connectivity index (χ4v) is 3.36. The quantitative estimate of drug-likeness (QED) is 0.831. The van der Waals surface area contributed by atoms with E-state index >= 15 is 0 Å². The Hall–Kier alpha value is -1.23. The lowest BCUT2D eigenvalue weighted by atomic mass is 10.1. The standard InChI is InChI=1S/C16H24N2O2S/c1-12-7-8-14(17-10-12)21-13-6-5-9-18(11-13)15(19)20-16(2,3)4/h7-8,10,13H,5-6,9,11H2,1-4H3. The number of rotatable bonds is 2. The van der Waals surface area contributed by atoms with Crippen LogP contribution in [0.3, 0.4) is 0 Å². The summed E-state index contributed by atoms with van der Waals surface area (Å²) in [6, 6.07) is 4.12. The maximum absolute atomic E-state index is 12.1. The SMILES string of the molecule is Cc1ccc(SC2CCCN(C(=O)OC(C)(C)C)C2)nc1. The number of amides is 1. The number of hydrogen-bond donors (Lipinski definition) is 0. The molecule has 21 heavy (non-hydrogen) atoms. The van der Waals surface area contributed by atoms with E-state index in [0.717, 1.165) is 31.0 Å². The molecule has 0 radical (unpaired) electrons. The molecule has 0 aromatic carbocycles. The van der Waals surface area contributed by atoms with Crippen LogP contribution in [0.25, 0.3) is 0 Å². The molecular formula is C16H24N2O2S. The van der Waals surface area contributed by atoms with Gasteiger partial charge in [0.05, 0.1) is 5.03 Å². The van der Waals surface area contributed by atoms with Crippen molar-refractivity contribution in [2.45, 2.75) is 56.4 Å². The van der Waals surface area contributed by atoms with Crippen LogP contribution in [0.2, 0.25) is 0 Å². The monoisotopic (exact) mass is 308 g/mol. The van der Waals surface area contributed by atoms with Crippen molar-refractivity contribution in [2.24, 2.45) is 0 Å². The molecule has 4 nitrogen and oxygen atoms in total. The third-order valence-corrected chi connectivity index (χ3v) is 4.40. The summed E-state index contributed by atoms with van der Waals surface area (Å²) in [6.45, 7) is 9.25. The van der Waals surface area contributed by atoms with E-state index in [1.54, 1.807) is 11.8 Å². The van der Waals surface area contributed by atoms with Crippen LogP contribution in [0.15, 0.2) is 23.4 Å². The Morgan fingerprint density at radius 1 is 1.43 bits per heavy atom. The van der Waals surface area contributed by atoms with Gasteiger partial charge in [-0.1, -0.05) is 6.07 Å². The Labute approximate surface area is 131 Å². The highest BCUT2D eigenvalue weighted by atomic mass is 32.2. The summed E-state index contributed by atoms with van der Waals surface area (Å²) >= 11 is 1.75. The first-order valence-corrected chi connectivity index (χ1v) is 8.29. The highest BCUT2D eigenvalue weighted by Crippen LogP contribution is 2.28. The van der Waals surface area contributed by atoms with Gasteiger partial charge in [0.2, 0.25) is 0 Å². The van der Waals surface area contributed by atoms with Crippen molar-refractivity contribution >= 4 is 17.9 Å². The second kappa shape index (κ2) is 6.69. The zero-order valence-electron chi connectivity index (χ0n) is 13.3. The molecule has 1 aliphatic heterocycles. The van der Waals surface area contributed by atoms with Gasteiger partial charge in [0.15, 0.2) is 0 Å². The minimum atomic E-state index is -0.435. The van der Waals surface area contributed by atoms with E-state index in [-0.39, 0.29) is 6.09 Å². The normalized spacial score (nSPS) is 19.4. The van der Waals surface area contributed by atoms with Gasteiger partial charge in [-0.05, 0) is 52.2 Å². The third-order valence-electron chi connectivity index (χ3n) is 3.20. The molecular weight excluding hydrogens is 284 g/mol. The molecule has 0 aliphatic carbocycles. The first-order valence-electron chi connectivity index (χ1n) is 7.41. The van der Waals surface area contributed by atoms with Crippen LogP contribution in [-0.2, 0) is 4.74 Å². The van der Waals surface area contributed by atoms with Crippen LogP contribution in [0, 0.1) is 6.92 Å². The number of aromatic nitrogens is 1. The third kappa shape index (κ3) is 5.23. The van der Waals surface area contributed by atoms with Crippen LogP contribution in [0.1, 0.15) is 39.2 Å². The zero-order chi connectivity index (χ0) is 15.5. The van der Waals surface area contributed by atoms with Crippen molar-refractivity contribution < 1.29 is 9.53 Å². The maximum Gasteiger partial charge on any atom is 0.410 e. The number of thioether (sulfide) groups is 1. The molecule has 0 bridgehead atoms. The number of aryl methyl sites for hydroxylation is 1. The van der Waals surface area contributed by atoms with Crippen LogP contribution in [0.4, 0.5) is 4.79 Å². The van der Waals surface area contributed by atoms with Crippen LogP contribution < -0.4 is 0 Å². The summed E-state index contributed by atoms with van der Waals surface area (Å²) in [6.07, 6.45) is 3.81. The van der Waals surface area contributed by atoms with Gasteiger partial charge in [0.25, 0.3) is 0 Å². The average molecular weight is 308 g/mol. The number of hydrogen-bond acceptors (Lipinski definition) is 4. The Kier molecular flexibility index (Phi) is 5.14. The predicted molar refractivity (Wildman–Crippen MR) is 85.7 cm³/mol. The van der Waals surface area contributed by atoms with E-state index in [0.29, 0.717) is 5.25 Å². The second-order valence-electron chi connectivity index (χ2n) is 6.48. The molecule has 2 heterocycles. The summed E-state index contributed by atoms with van der Waals surface area (Å²) in [5.41, 5.74) is 0.730. The largest absolute Gasteiger partial charge is 0.444 e. The molecule has 1 aliphatic rings. The number of pyridine rings is 1. The van der Waals surface area contributed by atoms with E-state index in [9.17, 15) is 4.79 Å². The average Bonchev–Trinajstić information content (AvgIpc) is 2.40. The summed E-state index contributed by atoms with van der Waals surface area (Å²) in [4.78, 5) is 18.4. The number of nitrogens with zero attached hydrogens (tertiary/aromatic N) is 2. The molecule has 1 aromatic rings. The van der Waals surface area contributed by atoms with Gasteiger partial charge in [-0.3, -0.25) is 0 Å². The molecule has 0 N–H and O–H groups in total. The molecule has 5 heteroatoms. The highest BCUT2D eigenvalue weighted by molar-refractivity contribution is 7.99. The highest BCUT2D eigenvalue weighted by Gasteiger charge is 2.28. The van der Waals surface area contributed by atoms with E-state index in [1.807, 2.05) is 44.9 Å². The smallest absolute Gasteiger partial charge is 0.410 e. The number of carbonyl (C=O) groups is 1. The molecule has 1 unspecified atom stereocenters. The van der Waals surface area contributed by atoms with Crippen LogP contribution >= 0.6 is 11.8 Å². The molecule has 0 spiro atoms. The molecule has 1 saturated heterocycles. The summed E-state index contributed by atoms with van der Waals surface area (Å²) < 4.78 is 5.45. The minimum absolute atomic E-state index is 0.204. The topological polar surface area (TPSA) is 42.4 Å². The van der Waals surface area contributed by atoms with Gasteiger partial charge in [-0.25, -0.2) is 9.78 Å². The molecule has 2 rings (SSSR count). The molecule has 0 saturated carbocycles. The van der Waals surface area contributed by atoms with Crippen molar-refractivity contribution in [1.82, 2.24) is 9.88 Å².